The predicted molar refractivity (Wildman–Crippen MR) is 82.2 cm³/mol. The summed E-state index contributed by atoms with van der Waals surface area (Å²) in [5.74, 6) is 1.05. The molecule has 1 aliphatic carbocycles. The zero-order valence-electron chi connectivity index (χ0n) is 12.4. The second-order valence-corrected chi connectivity index (χ2v) is 6.89. The molecule has 6 heteroatoms. The zero-order chi connectivity index (χ0) is 15.0. The predicted octanol–water partition coefficient (Wildman–Crippen LogP) is 2.60. The molecule has 1 fully saturated rings. The second kappa shape index (κ2) is 8.39. The molecule has 116 valence electrons. The number of urea groups is 1. The van der Waals surface area contributed by atoms with Crippen LogP contribution < -0.4 is 10.6 Å². The number of nitrogens with one attached hydrogen (secondary N) is 2. The first kappa shape index (κ1) is 17.1. The minimum absolute atomic E-state index is 0.0124. The van der Waals surface area contributed by atoms with Crippen LogP contribution in [0.2, 0.25) is 0 Å². The van der Waals surface area contributed by atoms with Crippen molar-refractivity contribution < 1.29 is 14.7 Å². The van der Waals surface area contributed by atoms with Crippen LogP contribution in [-0.2, 0) is 4.79 Å². The molecular formula is C14H26N2O3S. The van der Waals surface area contributed by atoms with Crippen LogP contribution in [0.1, 0.15) is 52.4 Å². The molecule has 0 aromatic rings. The summed E-state index contributed by atoms with van der Waals surface area (Å²) >= 11 is 1.78. The molecule has 1 unspecified atom stereocenters. The highest BCUT2D eigenvalue weighted by molar-refractivity contribution is 7.99. The van der Waals surface area contributed by atoms with Crippen molar-refractivity contribution in [3.05, 3.63) is 0 Å². The SMILES string of the molecule is CCSCC(C)NC(=O)NC1(CC(=O)O)CCCCC1. The van der Waals surface area contributed by atoms with Gasteiger partial charge in [0, 0.05) is 11.8 Å². The van der Waals surface area contributed by atoms with Crippen LogP contribution in [0, 0.1) is 0 Å². The molecule has 0 spiro atoms. The third kappa shape index (κ3) is 6.03. The molecule has 0 bridgehead atoms. The van der Waals surface area contributed by atoms with Crippen LogP contribution in [0.15, 0.2) is 0 Å². The normalized spacial score (nSPS) is 19.1. The van der Waals surface area contributed by atoms with Crippen LogP contribution >= 0.6 is 11.8 Å². The highest BCUT2D eigenvalue weighted by Crippen LogP contribution is 2.31. The lowest BCUT2D eigenvalue weighted by Crippen LogP contribution is -2.55. The van der Waals surface area contributed by atoms with Gasteiger partial charge in [-0.05, 0) is 25.5 Å². The molecule has 0 aliphatic heterocycles. The van der Waals surface area contributed by atoms with Gasteiger partial charge < -0.3 is 15.7 Å². The summed E-state index contributed by atoms with van der Waals surface area (Å²) in [6.07, 6.45) is 4.60. The molecular weight excluding hydrogens is 276 g/mol. The standard InChI is InChI=1S/C14H26N2O3S/c1-3-20-10-11(2)15-13(19)16-14(9-12(17)18)7-5-4-6-8-14/h11H,3-10H2,1-2H3,(H,17,18)(H2,15,16,19). The number of rotatable bonds is 7. The van der Waals surface area contributed by atoms with Gasteiger partial charge in [0.25, 0.3) is 0 Å². The van der Waals surface area contributed by atoms with E-state index in [4.69, 9.17) is 5.11 Å². The first-order valence-electron chi connectivity index (χ1n) is 7.35. The second-order valence-electron chi connectivity index (χ2n) is 5.57. The highest BCUT2D eigenvalue weighted by atomic mass is 32.2. The molecule has 5 nitrogen and oxygen atoms in total. The Morgan fingerprint density at radius 2 is 1.95 bits per heavy atom. The Bertz CT molecular complexity index is 330. The van der Waals surface area contributed by atoms with E-state index in [9.17, 15) is 9.59 Å². The lowest BCUT2D eigenvalue weighted by Gasteiger charge is -2.37. The monoisotopic (exact) mass is 302 g/mol. The number of hydrogen-bond donors (Lipinski definition) is 3. The van der Waals surface area contributed by atoms with Gasteiger partial charge in [0.15, 0.2) is 0 Å². The van der Waals surface area contributed by atoms with Gasteiger partial charge in [0.1, 0.15) is 0 Å². The summed E-state index contributed by atoms with van der Waals surface area (Å²) in [6.45, 7) is 4.05. The van der Waals surface area contributed by atoms with Crippen LogP contribution in [0.4, 0.5) is 4.79 Å². The molecule has 0 aromatic heterocycles. The van der Waals surface area contributed by atoms with E-state index in [-0.39, 0.29) is 18.5 Å². The number of amides is 2. The third-order valence-electron chi connectivity index (χ3n) is 3.63. The number of hydrogen-bond acceptors (Lipinski definition) is 3. The van der Waals surface area contributed by atoms with Gasteiger partial charge in [-0.3, -0.25) is 4.79 Å². The van der Waals surface area contributed by atoms with Crippen LogP contribution in [-0.4, -0.2) is 40.2 Å². The molecule has 1 atom stereocenters. The Hall–Kier alpha value is -0.910. The lowest BCUT2D eigenvalue weighted by molar-refractivity contribution is -0.139. The van der Waals surface area contributed by atoms with E-state index in [1.807, 2.05) is 6.92 Å². The van der Waals surface area contributed by atoms with E-state index in [1.165, 1.54) is 0 Å². The van der Waals surface area contributed by atoms with Crippen LogP contribution in [0.5, 0.6) is 0 Å². The maximum Gasteiger partial charge on any atom is 0.315 e. The fraction of sp³-hybridized carbons (Fsp3) is 0.857. The van der Waals surface area contributed by atoms with Crippen molar-refractivity contribution in [1.82, 2.24) is 10.6 Å². The van der Waals surface area contributed by atoms with Crippen molar-refractivity contribution in [3.8, 4) is 0 Å². The molecule has 1 rings (SSSR count). The van der Waals surface area contributed by atoms with E-state index in [2.05, 4.69) is 17.6 Å². The van der Waals surface area contributed by atoms with Crippen molar-refractivity contribution >= 4 is 23.8 Å². The number of aliphatic carboxylic acids is 1. The molecule has 0 aromatic carbocycles. The van der Waals surface area contributed by atoms with E-state index in [0.717, 1.165) is 43.6 Å². The number of carboxylic acid groups (broad SMARTS) is 1. The van der Waals surface area contributed by atoms with Gasteiger partial charge in [-0.25, -0.2) is 4.79 Å². The Morgan fingerprint density at radius 3 is 2.50 bits per heavy atom. The van der Waals surface area contributed by atoms with Crippen molar-refractivity contribution in [3.63, 3.8) is 0 Å². The number of carboxylic acids is 1. The van der Waals surface area contributed by atoms with Crippen molar-refractivity contribution in [1.29, 1.82) is 0 Å². The molecule has 2 amide bonds. The van der Waals surface area contributed by atoms with Gasteiger partial charge in [-0.15, -0.1) is 0 Å². The summed E-state index contributed by atoms with van der Waals surface area (Å²) in [5.41, 5.74) is -0.564. The average Bonchev–Trinajstić information content (AvgIpc) is 2.35. The maximum absolute atomic E-state index is 12.0. The summed E-state index contributed by atoms with van der Waals surface area (Å²) in [4.78, 5) is 23.1. The largest absolute Gasteiger partial charge is 0.481 e. The van der Waals surface area contributed by atoms with E-state index >= 15 is 0 Å². The summed E-state index contributed by atoms with van der Waals surface area (Å²) in [6, 6.07) is -0.150. The average molecular weight is 302 g/mol. The summed E-state index contributed by atoms with van der Waals surface area (Å²) < 4.78 is 0. The number of thioether (sulfide) groups is 1. The molecule has 0 radical (unpaired) electrons. The Morgan fingerprint density at radius 1 is 1.30 bits per heavy atom. The van der Waals surface area contributed by atoms with Gasteiger partial charge in [0.05, 0.1) is 12.0 Å². The minimum Gasteiger partial charge on any atom is -0.481 e. The van der Waals surface area contributed by atoms with Gasteiger partial charge in [0.2, 0.25) is 0 Å². The first-order valence-corrected chi connectivity index (χ1v) is 8.51. The number of carbonyl (C=O) groups is 2. The highest BCUT2D eigenvalue weighted by Gasteiger charge is 2.35. The molecule has 1 saturated carbocycles. The zero-order valence-corrected chi connectivity index (χ0v) is 13.2. The molecule has 0 heterocycles. The minimum atomic E-state index is -0.846. The molecule has 3 N–H and O–H groups in total. The van der Waals surface area contributed by atoms with Crippen molar-refractivity contribution in [2.24, 2.45) is 0 Å². The topological polar surface area (TPSA) is 78.4 Å². The van der Waals surface area contributed by atoms with E-state index in [0.29, 0.717) is 0 Å². The van der Waals surface area contributed by atoms with Gasteiger partial charge >= 0.3 is 12.0 Å². The molecule has 0 saturated heterocycles. The fourth-order valence-corrected chi connectivity index (χ4v) is 3.37. The smallest absolute Gasteiger partial charge is 0.315 e. The third-order valence-corrected chi connectivity index (χ3v) is 4.77. The Balaban J connectivity index is 2.51. The first-order chi connectivity index (χ1) is 9.47. The Kier molecular flexibility index (Phi) is 7.19. The lowest BCUT2D eigenvalue weighted by atomic mass is 9.79. The molecule has 20 heavy (non-hydrogen) atoms. The Labute approximate surface area is 125 Å². The van der Waals surface area contributed by atoms with E-state index < -0.39 is 11.5 Å². The van der Waals surface area contributed by atoms with Crippen molar-refractivity contribution in [2.75, 3.05) is 11.5 Å². The number of carbonyl (C=O) groups excluding carboxylic acids is 1. The van der Waals surface area contributed by atoms with Gasteiger partial charge in [-0.1, -0.05) is 26.2 Å². The summed E-state index contributed by atoms with van der Waals surface area (Å²) in [7, 11) is 0. The van der Waals surface area contributed by atoms with E-state index in [1.54, 1.807) is 11.8 Å². The summed E-state index contributed by atoms with van der Waals surface area (Å²) in [5, 5.41) is 14.9. The fourth-order valence-electron chi connectivity index (χ4n) is 2.70. The van der Waals surface area contributed by atoms with Crippen LogP contribution in [0.25, 0.3) is 0 Å². The van der Waals surface area contributed by atoms with Gasteiger partial charge in [-0.2, -0.15) is 11.8 Å². The van der Waals surface area contributed by atoms with Crippen LogP contribution in [0.3, 0.4) is 0 Å². The maximum atomic E-state index is 12.0. The molecule has 1 aliphatic rings. The quantitative estimate of drug-likeness (QED) is 0.675. The van der Waals surface area contributed by atoms with Crippen molar-refractivity contribution in [2.45, 2.75) is 64.0 Å².